The number of carbonyl (C=O) groups excluding carboxylic acids is 1. The number of nitrogens with zero attached hydrogens (tertiary/aromatic N) is 2. The quantitative estimate of drug-likeness (QED) is 0.910. The maximum Gasteiger partial charge on any atom is 0.321 e. The van der Waals surface area contributed by atoms with Gasteiger partial charge in [-0.25, -0.2) is 4.79 Å². The monoisotopic (exact) mass is 327 g/mol. The number of anilines is 2. The van der Waals surface area contributed by atoms with Crippen molar-refractivity contribution < 1.29 is 14.6 Å². The minimum absolute atomic E-state index is 0.101. The molecule has 2 amide bonds. The third-order valence-electron chi connectivity index (χ3n) is 4.10. The summed E-state index contributed by atoms with van der Waals surface area (Å²) in [5.74, 6) is 1.01. The normalized spacial score (nSPS) is 14.4. The number of nitrogens with one attached hydrogen (secondary N) is 1. The van der Waals surface area contributed by atoms with Gasteiger partial charge in [-0.3, -0.25) is 0 Å². The fraction of sp³-hybridized carbons (Fsp3) is 0.278. The van der Waals surface area contributed by atoms with E-state index in [0.717, 1.165) is 30.2 Å². The first-order chi connectivity index (χ1) is 11.7. The molecule has 3 rings (SSSR count). The Morgan fingerprint density at radius 1 is 1.08 bits per heavy atom. The lowest BCUT2D eigenvalue weighted by atomic mass is 10.2. The summed E-state index contributed by atoms with van der Waals surface area (Å²) in [4.78, 5) is 16.3. The smallest absolute Gasteiger partial charge is 0.321 e. The van der Waals surface area contributed by atoms with E-state index in [0.29, 0.717) is 13.1 Å². The van der Waals surface area contributed by atoms with Crippen molar-refractivity contribution in [1.82, 2.24) is 4.90 Å². The highest BCUT2D eigenvalue weighted by Gasteiger charge is 2.21. The number of rotatable bonds is 3. The standard InChI is InChI=1S/C18H21N3O3/c1-24-17-7-5-14(6-8-17)19-18(23)21-11-9-20(10-12-21)15-3-2-4-16(22)13-15/h2-8,13,22H,9-12H2,1H3,(H,19,23). The van der Waals surface area contributed by atoms with Gasteiger partial charge in [-0.1, -0.05) is 6.07 Å². The molecule has 24 heavy (non-hydrogen) atoms. The van der Waals surface area contributed by atoms with Gasteiger partial charge < -0.3 is 25.0 Å². The van der Waals surface area contributed by atoms with Crippen LogP contribution in [0, 0.1) is 0 Å². The average Bonchev–Trinajstić information content (AvgIpc) is 2.62. The van der Waals surface area contributed by atoms with Gasteiger partial charge >= 0.3 is 6.03 Å². The summed E-state index contributed by atoms with van der Waals surface area (Å²) < 4.78 is 5.11. The van der Waals surface area contributed by atoms with E-state index in [2.05, 4.69) is 10.2 Å². The SMILES string of the molecule is COc1ccc(NC(=O)N2CCN(c3cccc(O)c3)CC2)cc1. The minimum Gasteiger partial charge on any atom is -0.508 e. The Kier molecular flexibility index (Phi) is 4.74. The first-order valence-electron chi connectivity index (χ1n) is 7.89. The van der Waals surface area contributed by atoms with Crippen molar-refractivity contribution in [2.45, 2.75) is 0 Å². The number of ether oxygens (including phenoxy) is 1. The molecule has 2 aromatic rings. The Labute approximate surface area is 141 Å². The molecule has 0 unspecified atom stereocenters. The fourth-order valence-corrected chi connectivity index (χ4v) is 2.73. The van der Waals surface area contributed by atoms with Crippen LogP contribution in [-0.4, -0.2) is 49.3 Å². The second kappa shape index (κ2) is 7.12. The Morgan fingerprint density at radius 3 is 2.42 bits per heavy atom. The second-order valence-electron chi connectivity index (χ2n) is 5.65. The number of amides is 2. The fourth-order valence-electron chi connectivity index (χ4n) is 2.73. The van der Waals surface area contributed by atoms with Crippen LogP contribution < -0.4 is 15.0 Å². The number of urea groups is 1. The summed E-state index contributed by atoms with van der Waals surface area (Å²) in [5, 5.41) is 12.5. The van der Waals surface area contributed by atoms with Crippen LogP contribution in [0.3, 0.4) is 0 Å². The Bertz CT molecular complexity index is 695. The number of piperazine rings is 1. The van der Waals surface area contributed by atoms with Crippen molar-refractivity contribution in [2.75, 3.05) is 43.5 Å². The predicted molar refractivity (Wildman–Crippen MR) is 93.9 cm³/mol. The van der Waals surface area contributed by atoms with Gasteiger partial charge in [0, 0.05) is 43.6 Å². The number of hydrogen-bond acceptors (Lipinski definition) is 4. The molecule has 126 valence electrons. The zero-order valence-electron chi connectivity index (χ0n) is 13.6. The van der Waals surface area contributed by atoms with Crippen LogP contribution in [0.15, 0.2) is 48.5 Å². The largest absolute Gasteiger partial charge is 0.508 e. The molecule has 0 spiro atoms. The Balaban J connectivity index is 1.54. The number of hydrogen-bond donors (Lipinski definition) is 2. The van der Waals surface area contributed by atoms with Gasteiger partial charge in [-0.15, -0.1) is 0 Å². The van der Waals surface area contributed by atoms with E-state index in [4.69, 9.17) is 4.74 Å². The molecular formula is C18H21N3O3. The average molecular weight is 327 g/mol. The third-order valence-corrected chi connectivity index (χ3v) is 4.10. The van der Waals surface area contributed by atoms with Crippen LogP contribution in [0.25, 0.3) is 0 Å². The van der Waals surface area contributed by atoms with Crippen LogP contribution in [0.4, 0.5) is 16.2 Å². The van der Waals surface area contributed by atoms with Gasteiger partial charge in [-0.05, 0) is 36.4 Å². The van der Waals surface area contributed by atoms with Crippen LogP contribution in [0.2, 0.25) is 0 Å². The van der Waals surface area contributed by atoms with Gasteiger partial charge in [-0.2, -0.15) is 0 Å². The number of carbonyl (C=O) groups is 1. The van der Waals surface area contributed by atoms with Crippen molar-refractivity contribution in [2.24, 2.45) is 0 Å². The van der Waals surface area contributed by atoms with Crippen LogP contribution in [-0.2, 0) is 0 Å². The highest BCUT2D eigenvalue weighted by Crippen LogP contribution is 2.21. The molecule has 2 N–H and O–H groups in total. The van der Waals surface area contributed by atoms with E-state index in [-0.39, 0.29) is 11.8 Å². The van der Waals surface area contributed by atoms with E-state index < -0.39 is 0 Å². The first-order valence-corrected chi connectivity index (χ1v) is 7.89. The molecule has 0 saturated carbocycles. The topological polar surface area (TPSA) is 65.0 Å². The number of benzene rings is 2. The number of methoxy groups -OCH3 is 1. The van der Waals surface area contributed by atoms with Gasteiger partial charge in [0.15, 0.2) is 0 Å². The molecular weight excluding hydrogens is 306 g/mol. The summed E-state index contributed by atoms with van der Waals surface area (Å²) in [6.07, 6.45) is 0. The molecule has 1 aliphatic heterocycles. The van der Waals surface area contributed by atoms with Gasteiger partial charge in [0.05, 0.1) is 7.11 Å². The van der Waals surface area contributed by atoms with Gasteiger partial charge in [0.2, 0.25) is 0 Å². The second-order valence-corrected chi connectivity index (χ2v) is 5.65. The summed E-state index contributed by atoms with van der Waals surface area (Å²) in [5.41, 5.74) is 1.72. The molecule has 0 bridgehead atoms. The van der Waals surface area contributed by atoms with Crippen LogP contribution >= 0.6 is 0 Å². The molecule has 1 saturated heterocycles. The van der Waals surface area contributed by atoms with Crippen molar-refractivity contribution in [3.63, 3.8) is 0 Å². The molecule has 1 fully saturated rings. The molecule has 6 heteroatoms. The molecule has 6 nitrogen and oxygen atoms in total. The zero-order valence-corrected chi connectivity index (χ0v) is 13.6. The summed E-state index contributed by atoms with van der Waals surface area (Å²) in [7, 11) is 1.61. The number of phenols is 1. The highest BCUT2D eigenvalue weighted by molar-refractivity contribution is 5.89. The minimum atomic E-state index is -0.101. The van der Waals surface area contributed by atoms with E-state index in [1.54, 1.807) is 24.1 Å². The predicted octanol–water partition coefficient (Wildman–Crippen LogP) is 2.75. The molecule has 1 aliphatic rings. The van der Waals surface area contributed by atoms with Crippen molar-refractivity contribution in [3.05, 3.63) is 48.5 Å². The lowest BCUT2D eigenvalue weighted by molar-refractivity contribution is 0.208. The van der Waals surface area contributed by atoms with Crippen LogP contribution in [0.1, 0.15) is 0 Å². The van der Waals surface area contributed by atoms with E-state index in [1.165, 1.54) is 0 Å². The molecule has 0 radical (unpaired) electrons. The van der Waals surface area contributed by atoms with E-state index >= 15 is 0 Å². The molecule has 0 aliphatic carbocycles. The Hall–Kier alpha value is -2.89. The maximum atomic E-state index is 12.3. The number of phenolic OH excluding ortho intramolecular Hbond substituents is 1. The van der Waals surface area contributed by atoms with Gasteiger partial charge in [0.25, 0.3) is 0 Å². The van der Waals surface area contributed by atoms with Crippen molar-refractivity contribution >= 4 is 17.4 Å². The van der Waals surface area contributed by atoms with Crippen molar-refractivity contribution in [3.8, 4) is 11.5 Å². The highest BCUT2D eigenvalue weighted by atomic mass is 16.5. The van der Waals surface area contributed by atoms with Crippen LogP contribution in [0.5, 0.6) is 11.5 Å². The van der Waals surface area contributed by atoms with Crippen molar-refractivity contribution in [1.29, 1.82) is 0 Å². The Morgan fingerprint density at radius 2 is 1.79 bits per heavy atom. The van der Waals surface area contributed by atoms with Gasteiger partial charge in [0.1, 0.15) is 11.5 Å². The molecule has 0 aromatic heterocycles. The summed E-state index contributed by atoms with van der Waals surface area (Å²) in [6.45, 7) is 2.74. The molecule has 2 aromatic carbocycles. The molecule has 0 atom stereocenters. The lowest BCUT2D eigenvalue weighted by Crippen LogP contribution is -2.50. The zero-order chi connectivity index (χ0) is 16.9. The van der Waals surface area contributed by atoms with E-state index in [1.807, 2.05) is 36.4 Å². The third kappa shape index (κ3) is 3.71. The maximum absolute atomic E-state index is 12.3. The van der Waals surface area contributed by atoms with E-state index in [9.17, 15) is 9.90 Å². The molecule has 1 heterocycles. The summed E-state index contributed by atoms with van der Waals surface area (Å²) >= 11 is 0. The first kappa shape index (κ1) is 16.0. The summed E-state index contributed by atoms with van der Waals surface area (Å²) in [6, 6.07) is 14.4. The lowest BCUT2D eigenvalue weighted by Gasteiger charge is -2.36. The number of aromatic hydroxyl groups is 1.